The van der Waals surface area contributed by atoms with Crippen LogP contribution in [0, 0.1) is 0 Å². The third-order valence-electron chi connectivity index (χ3n) is 4.80. The number of carbonyl (C=O) groups is 2. The summed E-state index contributed by atoms with van der Waals surface area (Å²) in [6.45, 7) is 3.71. The van der Waals surface area contributed by atoms with Crippen LogP contribution < -0.4 is 10.1 Å². The molecule has 1 unspecified atom stereocenters. The second-order valence-corrected chi connectivity index (χ2v) is 8.01. The van der Waals surface area contributed by atoms with Gasteiger partial charge in [0.15, 0.2) is 17.6 Å². The number of carbonyl (C=O) groups excluding carboxylic acids is 1. The standard InChI is InChI=1S/C24H25ClN2O6/c1-14(2)32-22(24(29)30)11-15-8-9-20(31-3)16(10-15)13-26-23(28)19-12-21(33-27-19)17-6-4-5-7-18(17)25/h4-10,12,14,22H,11,13H2,1-3H3,(H,26,28)(H,29,30). The molecule has 8 nitrogen and oxygen atoms in total. The van der Waals surface area contributed by atoms with Gasteiger partial charge in [-0.25, -0.2) is 4.79 Å². The van der Waals surface area contributed by atoms with Gasteiger partial charge in [-0.2, -0.15) is 0 Å². The van der Waals surface area contributed by atoms with E-state index in [-0.39, 0.29) is 24.8 Å². The van der Waals surface area contributed by atoms with Gasteiger partial charge >= 0.3 is 5.97 Å². The van der Waals surface area contributed by atoms with E-state index in [0.29, 0.717) is 27.7 Å². The lowest BCUT2D eigenvalue weighted by molar-refractivity contribution is -0.153. The molecule has 2 aromatic carbocycles. The van der Waals surface area contributed by atoms with Crippen molar-refractivity contribution in [2.24, 2.45) is 0 Å². The van der Waals surface area contributed by atoms with Crippen molar-refractivity contribution < 1.29 is 28.7 Å². The van der Waals surface area contributed by atoms with Gasteiger partial charge in [0.2, 0.25) is 0 Å². The van der Waals surface area contributed by atoms with Crippen molar-refractivity contribution in [1.82, 2.24) is 10.5 Å². The SMILES string of the molecule is COc1ccc(CC(OC(C)C)C(=O)O)cc1CNC(=O)c1cc(-c2ccccc2Cl)on1. The Morgan fingerprint density at radius 2 is 1.94 bits per heavy atom. The lowest BCUT2D eigenvalue weighted by Gasteiger charge is -2.17. The summed E-state index contributed by atoms with van der Waals surface area (Å²) in [5, 5.41) is 16.5. The highest BCUT2D eigenvalue weighted by atomic mass is 35.5. The van der Waals surface area contributed by atoms with E-state index in [1.165, 1.54) is 13.2 Å². The number of hydrogen-bond donors (Lipinski definition) is 2. The lowest BCUT2D eigenvalue weighted by atomic mass is 10.0. The molecule has 0 aliphatic rings. The van der Waals surface area contributed by atoms with E-state index in [0.717, 1.165) is 5.56 Å². The van der Waals surface area contributed by atoms with Gasteiger partial charge in [-0.3, -0.25) is 4.79 Å². The lowest BCUT2D eigenvalue weighted by Crippen LogP contribution is -2.29. The highest BCUT2D eigenvalue weighted by Gasteiger charge is 2.21. The van der Waals surface area contributed by atoms with Crippen LogP contribution in [-0.4, -0.2) is 41.5 Å². The minimum atomic E-state index is -1.03. The average molecular weight is 473 g/mol. The van der Waals surface area contributed by atoms with E-state index in [4.69, 9.17) is 25.6 Å². The maximum Gasteiger partial charge on any atom is 0.333 e. The molecule has 1 amide bonds. The fourth-order valence-electron chi connectivity index (χ4n) is 3.27. The fourth-order valence-corrected chi connectivity index (χ4v) is 3.50. The highest BCUT2D eigenvalue weighted by Crippen LogP contribution is 2.28. The molecule has 9 heteroatoms. The zero-order valence-electron chi connectivity index (χ0n) is 18.5. The van der Waals surface area contributed by atoms with Gasteiger partial charge in [-0.05, 0) is 37.6 Å². The molecule has 3 rings (SSSR count). The molecule has 3 aromatic rings. The maximum absolute atomic E-state index is 12.6. The zero-order valence-corrected chi connectivity index (χ0v) is 19.3. The smallest absolute Gasteiger partial charge is 0.333 e. The summed E-state index contributed by atoms with van der Waals surface area (Å²) >= 11 is 6.17. The molecular weight excluding hydrogens is 448 g/mol. The first-order valence-electron chi connectivity index (χ1n) is 10.3. The second-order valence-electron chi connectivity index (χ2n) is 7.60. The summed E-state index contributed by atoms with van der Waals surface area (Å²) in [4.78, 5) is 24.1. The van der Waals surface area contributed by atoms with E-state index in [1.54, 1.807) is 50.2 Å². The highest BCUT2D eigenvalue weighted by molar-refractivity contribution is 6.33. The Kier molecular flexibility index (Phi) is 8.08. The van der Waals surface area contributed by atoms with Gasteiger partial charge in [0, 0.05) is 30.2 Å². The minimum absolute atomic E-state index is 0.108. The van der Waals surface area contributed by atoms with E-state index in [2.05, 4.69) is 10.5 Å². The number of nitrogens with one attached hydrogen (secondary N) is 1. The van der Waals surface area contributed by atoms with Crippen LogP contribution in [0.5, 0.6) is 5.75 Å². The van der Waals surface area contributed by atoms with Crippen LogP contribution in [0.2, 0.25) is 5.02 Å². The Hall–Kier alpha value is -3.36. The molecule has 0 saturated heterocycles. The Morgan fingerprint density at radius 3 is 2.61 bits per heavy atom. The molecule has 2 N–H and O–H groups in total. The number of halogens is 1. The van der Waals surface area contributed by atoms with Crippen molar-refractivity contribution in [2.75, 3.05) is 7.11 Å². The van der Waals surface area contributed by atoms with Gasteiger partial charge in [-0.1, -0.05) is 41.0 Å². The predicted molar refractivity (Wildman–Crippen MR) is 122 cm³/mol. The van der Waals surface area contributed by atoms with Gasteiger partial charge in [0.25, 0.3) is 5.91 Å². The van der Waals surface area contributed by atoms with Gasteiger partial charge in [-0.15, -0.1) is 0 Å². The van der Waals surface area contributed by atoms with E-state index in [9.17, 15) is 14.7 Å². The molecule has 1 heterocycles. The topological polar surface area (TPSA) is 111 Å². The van der Waals surface area contributed by atoms with E-state index in [1.807, 2.05) is 6.07 Å². The van der Waals surface area contributed by atoms with Gasteiger partial charge < -0.3 is 24.4 Å². The largest absolute Gasteiger partial charge is 0.496 e. The molecule has 0 spiro atoms. The molecule has 0 aliphatic carbocycles. The Morgan fingerprint density at radius 1 is 1.18 bits per heavy atom. The molecule has 0 bridgehead atoms. The molecule has 1 aromatic heterocycles. The molecular formula is C24H25ClN2O6. The number of rotatable bonds is 10. The summed E-state index contributed by atoms with van der Waals surface area (Å²) in [5.74, 6) is -0.520. The summed E-state index contributed by atoms with van der Waals surface area (Å²) < 4.78 is 16.1. The van der Waals surface area contributed by atoms with Crippen molar-refractivity contribution in [3.8, 4) is 17.1 Å². The third-order valence-corrected chi connectivity index (χ3v) is 5.13. The number of methoxy groups -OCH3 is 1. The van der Waals surface area contributed by atoms with Crippen LogP contribution in [0.1, 0.15) is 35.5 Å². The van der Waals surface area contributed by atoms with Crippen LogP contribution >= 0.6 is 11.6 Å². The maximum atomic E-state index is 12.6. The molecule has 0 radical (unpaired) electrons. The van der Waals surface area contributed by atoms with Crippen molar-refractivity contribution in [1.29, 1.82) is 0 Å². The first-order chi connectivity index (χ1) is 15.8. The summed E-state index contributed by atoms with van der Waals surface area (Å²) in [7, 11) is 1.52. The number of aromatic nitrogens is 1. The number of hydrogen-bond acceptors (Lipinski definition) is 6. The first kappa shape index (κ1) is 24.3. The monoisotopic (exact) mass is 472 g/mol. The number of ether oxygens (including phenoxy) is 2. The van der Waals surface area contributed by atoms with Gasteiger partial charge in [0.05, 0.1) is 18.2 Å². The number of benzene rings is 2. The Balaban J connectivity index is 1.71. The fraction of sp³-hybridized carbons (Fsp3) is 0.292. The van der Waals surface area contributed by atoms with Gasteiger partial charge in [0.1, 0.15) is 5.75 Å². The van der Waals surface area contributed by atoms with Crippen molar-refractivity contribution >= 4 is 23.5 Å². The first-order valence-corrected chi connectivity index (χ1v) is 10.7. The number of aliphatic carboxylic acids is 1. The van der Waals surface area contributed by atoms with Crippen molar-refractivity contribution in [3.05, 3.63) is 70.4 Å². The minimum Gasteiger partial charge on any atom is -0.496 e. The van der Waals surface area contributed by atoms with Crippen LogP contribution in [-0.2, 0) is 22.5 Å². The van der Waals surface area contributed by atoms with Crippen LogP contribution in [0.15, 0.2) is 53.1 Å². The Labute approximate surface area is 196 Å². The molecule has 0 aliphatic heterocycles. The number of amides is 1. The zero-order chi connectivity index (χ0) is 24.0. The molecule has 1 atom stereocenters. The summed E-state index contributed by atoms with van der Waals surface area (Å²) in [6.07, 6.45) is -1.01. The number of carboxylic acids is 1. The second kappa shape index (κ2) is 11.0. The average Bonchev–Trinajstić information content (AvgIpc) is 3.27. The van der Waals surface area contributed by atoms with E-state index < -0.39 is 18.0 Å². The Bertz CT molecular complexity index is 1130. The normalized spacial score (nSPS) is 11.9. The van der Waals surface area contributed by atoms with E-state index >= 15 is 0 Å². The summed E-state index contributed by atoms with van der Waals surface area (Å²) in [5.41, 5.74) is 2.18. The quantitative estimate of drug-likeness (QED) is 0.451. The van der Waals surface area contributed by atoms with Crippen LogP contribution in [0.3, 0.4) is 0 Å². The summed E-state index contributed by atoms with van der Waals surface area (Å²) in [6, 6.07) is 13.9. The molecule has 0 fully saturated rings. The van der Waals surface area contributed by atoms with Crippen LogP contribution in [0.25, 0.3) is 11.3 Å². The third kappa shape index (κ3) is 6.34. The van der Waals surface area contributed by atoms with Crippen molar-refractivity contribution in [3.63, 3.8) is 0 Å². The van der Waals surface area contributed by atoms with Crippen molar-refractivity contribution in [2.45, 2.75) is 39.0 Å². The molecule has 33 heavy (non-hydrogen) atoms. The predicted octanol–water partition coefficient (Wildman–Crippen LogP) is 4.35. The molecule has 0 saturated carbocycles. The van der Waals surface area contributed by atoms with Crippen LogP contribution in [0.4, 0.5) is 0 Å². The molecule has 174 valence electrons. The number of nitrogens with zero attached hydrogens (tertiary/aromatic N) is 1. The number of carboxylic acid groups (broad SMARTS) is 1.